The molecule has 1 fully saturated rings. The van der Waals surface area contributed by atoms with Crippen LogP contribution in [0.1, 0.15) is 18.4 Å². The van der Waals surface area contributed by atoms with Crippen LogP contribution < -0.4 is 5.32 Å². The maximum absolute atomic E-state index is 11.4. The quantitative estimate of drug-likeness (QED) is 0.736. The molecule has 8 heteroatoms. The number of hydrogen-bond donors (Lipinski definition) is 2. The minimum atomic E-state index is -1.05. The Labute approximate surface area is 164 Å². The highest BCUT2D eigenvalue weighted by Crippen LogP contribution is 2.23. The van der Waals surface area contributed by atoms with E-state index in [0.717, 1.165) is 44.5 Å². The van der Waals surface area contributed by atoms with Crippen LogP contribution in [0.15, 0.2) is 18.2 Å². The molecule has 1 heterocycles. The van der Waals surface area contributed by atoms with Crippen molar-refractivity contribution in [2.24, 2.45) is 5.92 Å². The summed E-state index contributed by atoms with van der Waals surface area (Å²) in [7, 11) is 1.51. The van der Waals surface area contributed by atoms with E-state index in [2.05, 4.69) is 10.2 Å². The summed E-state index contributed by atoms with van der Waals surface area (Å²) in [4.78, 5) is 26.3. The van der Waals surface area contributed by atoms with Gasteiger partial charge in [-0.2, -0.15) is 0 Å². The maximum Gasteiger partial charge on any atom is 0.407 e. The van der Waals surface area contributed by atoms with E-state index in [1.165, 1.54) is 11.9 Å². The van der Waals surface area contributed by atoms with Crippen LogP contribution in [0.2, 0.25) is 10.0 Å². The molecule has 6 nitrogen and oxygen atoms in total. The van der Waals surface area contributed by atoms with Gasteiger partial charge in [-0.3, -0.25) is 9.69 Å². The van der Waals surface area contributed by atoms with E-state index in [0.29, 0.717) is 16.6 Å². The van der Waals surface area contributed by atoms with Gasteiger partial charge in [0.05, 0.1) is 0 Å². The summed E-state index contributed by atoms with van der Waals surface area (Å²) < 4.78 is 0. The van der Waals surface area contributed by atoms with Crippen LogP contribution in [0, 0.1) is 5.92 Å². The molecule has 0 bridgehead atoms. The first kappa shape index (κ1) is 20.8. The number of rotatable bonds is 7. The second kappa shape index (κ2) is 10.00. The lowest BCUT2D eigenvalue weighted by Gasteiger charge is -2.34. The van der Waals surface area contributed by atoms with Crippen LogP contribution >= 0.6 is 23.2 Å². The second-order valence-corrected chi connectivity index (χ2v) is 7.45. The van der Waals surface area contributed by atoms with Crippen molar-refractivity contribution in [3.05, 3.63) is 33.8 Å². The summed E-state index contributed by atoms with van der Waals surface area (Å²) in [6.07, 6.45) is 1.66. The molecule has 0 atom stereocenters. The van der Waals surface area contributed by atoms with Crippen molar-refractivity contribution in [1.29, 1.82) is 0 Å². The molecule has 1 aliphatic rings. The zero-order valence-electron chi connectivity index (χ0n) is 14.9. The minimum absolute atomic E-state index is 0.110. The number of benzene rings is 1. The molecule has 0 aliphatic carbocycles. The predicted octanol–water partition coefficient (Wildman–Crippen LogP) is 2.97. The summed E-state index contributed by atoms with van der Waals surface area (Å²) in [5.41, 5.74) is 1.08. The molecular formula is C18H25Cl2N3O3. The summed E-state index contributed by atoms with van der Waals surface area (Å²) in [5.74, 6) is -0.00388. The number of piperidine rings is 1. The van der Waals surface area contributed by atoms with Gasteiger partial charge >= 0.3 is 6.09 Å². The number of hydrogen-bond acceptors (Lipinski definition) is 3. The van der Waals surface area contributed by atoms with Crippen molar-refractivity contribution in [3.63, 3.8) is 0 Å². The van der Waals surface area contributed by atoms with E-state index in [1.54, 1.807) is 6.07 Å². The van der Waals surface area contributed by atoms with Crippen LogP contribution in [0.5, 0.6) is 0 Å². The molecule has 2 amide bonds. The van der Waals surface area contributed by atoms with E-state index in [4.69, 9.17) is 23.2 Å². The highest BCUT2D eigenvalue weighted by atomic mass is 35.5. The first-order chi connectivity index (χ1) is 12.4. The van der Waals surface area contributed by atoms with Crippen LogP contribution in [0.4, 0.5) is 4.79 Å². The molecule has 0 saturated carbocycles. The maximum atomic E-state index is 11.4. The van der Waals surface area contributed by atoms with Gasteiger partial charge in [0.15, 0.2) is 0 Å². The van der Waals surface area contributed by atoms with Gasteiger partial charge in [-0.15, -0.1) is 0 Å². The smallest absolute Gasteiger partial charge is 0.407 e. The van der Waals surface area contributed by atoms with E-state index < -0.39 is 6.09 Å². The van der Waals surface area contributed by atoms with Crippen LogP contribution in [0.3, 0.4) is 0 Å². The lowest BCUT2D eigenvalue weighted by Crippen LogP contribution is -2.44. The Bertz CT molecular complexity index is 634. The number of amides is 2. The molecule has 1 aromatic rings. The van der Waals surface area contributed by atoms with Crippen molar-refractivity contribution in [3.8, 4) is 0 Å². The van der Waals surface area contributed by atoms with Crippen molar-refractivity contribution in [2.75, 3.05) is 39.8 Å². The molecule has 1 aliphatic heterocycles. The molecule has 2 N–H and O–H groups in total. The van der Waals surface area contributed by atoms with Gasteiger partial charge in [0.25, 0.3) is 0 Å². The normalized spacial score (nSPS) is 15.7. The van der Waals surface area contributed by atoms with Gasteiger partial charge in [0.2, 0.25) is 5.91 Å². The number of nitrogens with one attached hydrogen (secondary N) is 1. The van der Waals surface area contributed by atoms with Crippen molar-refractivity contribution < 1.29 is 14.7 Å². The van der Waals surface area contributed by atoms with E-state index in [1.807, 2.05) is 12.1 Å². The molecule has 26 heavy (non-hydrogen) atoms. The number of nitrogens with zero attached hydrogens (tertiary/aromatic N) is 2. The molecule has 2 rings (SSSR count). The number of carbonyl (C=O) groups is 2. The van der Waals surface area contributed by atoms with Crippen molar-refractivity contribution >= 4 is 35.2 Å². The average molecular weight is 402 g/mol. The van der Waals surface area contributed by atoms with Gasteiger partial charge in [0, 0.05) is 30.2 Å². The largest absolute Gasteiger partial charge is 0.465 e. The SMILES string of the molecule is CNC(=O)CN(CC1CCN(CCc2ccc(Cl)cc2Cl)CC1)C(=O)O. The molecule has 0 spiro atoms. The monoisotopic (exact) mass is 401 g/mol. The van der Waals surface area contributed by atoms with E-state index in [9.17, 15) is 14.7 Å². The third-order valence-electron chi connectivity index (χ3n) is 4.78. The third kappa shape index (κ3) is 6.34. The molecule has 0 aromatic heterocycles. The number of likely N-dealkylation sites (tertiary alicyclic amines) is 1. The van der Waals surface area contributed by atoms with Gasteiger partial charge in [-0.05, 0) is 56.0 Å². The zero-order chi connectivity index (χ0) is 19.1. The topological polar surface area (TPSA) is 72.9 Å². The Kier molecular flexibility index (Phi) is 8.00. The zero-order valence-corrected chi connectivity index (χ0v) is 16.4. The molecule has 1 aromatic carbocycles. The third-order valence-corrected chi connectivity index (χ3v) is 5.37. The average Bonchev–Trinajstić information content (AvgIpc) is 2.61. The van der Waals surface area contributed by atoms with E-state index in [-0.39, 0.29) is 18.4 Å². The number of likely N-dealkylation sites (N-methyl/N-ethyl adjacent to an activating group) is 1. The molecule has 1 saturated heterocycles. The first-order valence-corrected chi connectivity index (χ1v) is 9.49. The van der Waals surface area contributed by atoms with Crippen LogP contribution in [0.25, 0.3) is 0 Å². The van der Waals surface area contributed by atoms with Crippen molar-refractivity contribution in [2.45, 2.75) is 19.3 Å². The fraction of sp³-hybridized carbons (Fsp3) is 0.556. The Morgan fingerprint density at radius 3 is 2.58 bits per heavy atom. The highest BCUT2D eigenvalue weighted by molar-refractivity contribution is 6.35. The number of halogens is 2. The van der Waals surface area contributed by atoms with Gasteiger partial charge in [0.1, 0.15) is 6.54 Å². The lowest BCUT2D eigenvalue weighted by atomic mass is 9.96. The lowest BCUT2D eigenvalue weighted by molar-refractivity contribution is -0.121. The fourth-order valence-electron chi connectivity index (χ4n) is 3.17. The molecule has 144 valence electrons. The Morgan fingerprint density at radius 1 is 1.31 bits per heavy atom. The van der Waals surface area contributed by atoms with Crippen LogP contribution in [-0.2, 0) is 11.2 Å². The van der Waals surface area contributed by atoms with Crippen molar-refractivity contribution in [1.82, 2.24) is 15.1 Å². The summed E-state index contributed by atoms with van der Waals surface area (Å²) in [6.45, 7) is 3.04. The first-order valence-electron chi connectivity index (χ1n) is 8.73. The van der Waals surface area contributed by atoms with Crippen LogP contribution in [-0.4, -0.2) is 66.7 Å². The Balaban J connectivity index is 1.77. The second-order valence-electron chi connectivity index (χ2n) is 6.61. The Morgan fingerprint density at radius 2 is 2.00 bits per heavy atom. The number of carboxylic acid groups (broad SMARTS) is 1. The standard InChI is InChI=1S/C18H25Cl2N3O3/c1-21-17(24)12-23(18(25)26)11-13-4-7-22(8-5-13)9-6-14-2-3-15(19)10-16(14)20/h2-3,10,13H,4-9,11-12H2,1H3,(H,21,24)(H,25,26). The fourth-order valence-corrected chi connectivity index (χ4v) is 3.67. The van der Waals surface area contributed by atoms with Gasteiger partial charge < -0.3 is 15.3 Å². The molecule has 0 unspecified atom stereocenters. The Hall–Kier alpha value is -1.50. The summed E-state index contributed by atoms with van der Waals surface area (Å²) in [5, 5.41) is 13.1. The minimum Gasteiger partial charge on any atom is -0.465 e. The molecular weight excluding hydrogens is 377 g/mol. The summed E-state index contributed by atoms with van der Waals surface area (Å²) in [6, 6.07) is 5.57. The summed E-state index contributed by atoms with van der Waals surface area (Å²) >= 11 is 12.1. The van der Waals surface area contributed by atoms with Gasteiger partial charge in [-0.1, -0.05) is 29.3 Å². The van der Waals surface area contributed by atoms with Gasteiger partial charge in [-0.25, -0.2) is 4.79 Å². The van der Waals surface area contributed by atoms with E-state index >= 15 is 0 Å². The predicted molar refractivity (Wildman–Crippen MR) is 103 cm³/mol. The molecule has 0 radical (unpaired) electrons. The highest BCUT2D eigenvalue weighted by Gasteiger charge is 2.24. The number of carbonyl (C=O) groups excluding carboxylic acids is 1.